The SMILES string of the molecule is COc1ccc(N2C(=O)/C(=C/c3cc(Br)ccc3OCc3ccc(F)cc3)SC2=S)cc1Cl. The highest BCUT2D eigenvalue weighted by molar-refractivity contribution is 9.10. The average Bonchev–Trinajstić information content (AvgIpc) is 3.07. The summed E-state index contributed by atoms with van der Waals surface area (Å²) in [6, 6.07) is 16.7. The van der Waals surface area contributed by atoms with Crippen molar-refractivity contribution in [1.29, 1.82) is 0 Å². The predicted octanol–water partition coefficient (Wildman–Crippen LogP) is 7.24. The molecular formula is C24H16BrClFNO3S2. The molecule has 1 aliphatic rings. The molecule has 3 aromatic rings. The molecule has 0 saturated carbocycles. The van der Waals surface area contributed by atoms with Crippen LogP contribution >= 0.6 is 51.5 Å². The smallest absolute Gasteiger partial charge is 0.270 e. The minimum Gasteiger partial charge on any atom is -0.495 e. The molecule has 33 heavy (non-hydrogen) atoms. The van der Waals surface area contributed by atoms with E-state index in [1.165, 1.54) is 35.9 Å². The van der Waals surface area contributed by atoms with Gasteiger partial charge < -0.3 is 9.47 Å². The number of hydrogen-bond acceptors (Lipinski definition) is 5. The van der Waals surface area contributed by atoms with E-state index >= 15 is 0 Å². The molecule has 1 heterocycles. The fraction of sp³-hybridized carbons (Fsp3) is 0.0833. The van der Waals surface area contributed by atoms with Gasteiger partial charge in [0.05, 0.1) is 22.7 Å². The summed E-state index contributed by atoms with van der Waals surface area (Å²) in [6.07, 6.45) is 1.75. The summed E-state index contributed by atoms with van der Waals surface area (Å²) < 4.78 is 25.5. The van der Waals surface area contributed by atoms with E-state index in [0.717, 1.165) is 10.0 Å². The molecule has 3 aromatic carbocycles. The molecule has 0 aromatic heterocycles. The zero-order valence-corrected chi connectivity index (χ0v) is 21.2. The normalized spacial score (nSPS) is 14.8. The Morgan fingerprint density at radius 2 is 1.85 bits per heavy atom. The van der Waals surface area contributed by atoms with E-state index in [2.05, 4.69) is 15.9 Å². The minimum absolute atomic E-state index is 0.254. The average molecular weight is 565 g/mol. The number of halogens is 3. The van der Waals surface area contributed by atoms with Gasteiger partial charge in [0, 0.05) is 10.0 Å². The van der Waals surface area contributed by atoms with Gasteiger partial charge in [-0.15, -0.1) is 0 Å². The van der Waals surface area contributed by atoms with Gasteiger partial charge in [-0.25, -0.2) is 4.39 Å². The van der Waals surface area contributed by atoms with Crippen LogP contribution in [0.1, 0.15) is 11.1 Å². The maximum Gasteiger partial charge on any atom is 0.270 e. The van der Waals surface area contributed by atoms with Gasteiger partial charge in [-0.1, -0.05) is 63.6 Å². The van der Waals surface area contributed by atoms with E-state index in [1.807, 2.05) is 18.2 Å². The number of benzene rings is 3. The summed E-state index contributed by atoms with van der Waals surface area (Å²) in [6.45, 7) is 0.258. The maximum absolute atomic E-state index is 13.2. The Balaban J connectivity index is 1.60. The van der Waals surface area contributed by atoms with Crippen molar-refractivity contribution in [3.63, 3.8) is 0 Å². The monoisotopic (exact) mass is 563 g/mol. The molecule has 9 heteroatoms. The highest BCUT2D eigenvalue weighted by Crippen LogP contribution is 2.39. The second-order valence-corrected chi connectivity index (χ2v) is 9.93. The first-order valence-electron chi connectivity index (χ1n) is 9.64. The third-order valence-electron chi connectivity index (χ3n) is 4.75. The predicted molar refractivity (Wildman–Crippen MR) is 139 cm³/mol. The fourth-order valence-corrected chi connectivity index (χ4v) is 5.05. The van der Waals surface area contributed by atoms with Crippen molar-refractivity contribution in [2.45, 2.75) is 6.61 Å². The van der Waals surface area contributed by atoms with Crippen LogP contribution < -0.4 is 14.4 Å². The topological polar surface area (TPSA) is 38.8 Å². The molecule has 0 unspecified atom stereocenters. The molecule has 0 aliphatic carbocycles. The molecule has 4 rings (SSSR count). The minimum atomic E-state index is -0.303. The van der Waals surface area contributed by atoms with E-state index in [1.54, 1.807) is 36.4 Å². The Labute approximate surface area is 213 Å². The number of carbonyl (C=O) groups is 1. The summed E-state index contributed by atoms with van der Waals surface area (Å²) in [5.74, 6) is 0.540. The lowest BCUT2D eigenvalue weighted by molar-refractivity contribution is -0.113. The first-order valence-corrected chi connectivity index (χ1v) is 12.0. The van der Waals surface area contributed by atoms with Crippen molar-refractivity contribution in [3.8, 4) is 11.5 Å². The Hall–Kier alpha value is -2.39. The number of hydrogen-bond donors (Lipinski definition) is 0. The molecule has 0 atom stereocenters. The standard InChI is InChI=1S/C24H16BrClFNO3S2/c1-30-21-9-7-18(12-19(21)26)28-23(29)22(33-24(28)32)11-15-10-16(25)4-8-20(15)31-13-14-2-5-17(27)6-3-14/h2-12H,13H2,1H3/b22-11-. The van der Waals surface area contributed by atoms with E-state index in [-0.39, 0.29) is 18.3 Å². The van der Waals surface area contributed by atoms with Crippen LogP contribution in [0.5, 0.6) is 11.5 Å². The Kier molecular flexibility index (Phi) is 7.38. The van der Waals surface area contributed by atoms with Gasteiger partial charge in [-0.05, 0) is 60.2 Å². The number of thiocarbonyl (C=S) groups is 1. The lowest BCUT2D eigenvalue weighted by atomic mass is 10.1. The van der Waals surface area contributed by atoms with E-state index in [4.69, 9.17) is 33.3 Å². The van der Waals surface area contributed by atoms with Crippen LogP contribution in [0.25, 0.3) is 6.08 Å². The molecule has 4 nitrogen and oxygen atoms in total. The number of carbonyl (C=O) groups excluding carboxylic acids is 1. The molecule has 168 valence electrons. The van der Waals surface area contributed by atoms with Gasteiger partial charge >= 0.3 is 0 Å². The zero-order chi connectivity index (χ0) is 23.5. The number of rotatable bonds is 6. The molecule has 0 N–H and O–H groups in total. The number of nitrogens with zero attached hydrogens (tertiary/aromatic N) is 1. The molecular weight excluding hydrogens is 549 g/mol. The van der Waals surface area contributed by atoms with E-state index in [9.17, 15) is 9.18 Å². The molecule has 0 bridgehead atoms. The quantitative estimate of drug-likeness (QED) is 0.233. The Morgan fingerprint density at radius 1 is 1.12 bits per heavy atom. The molecule has 1 fully saturated rings. The van der Waals surface area contributed by atoms with Crippen molar-refractivity contribution in [1.82, 2.24) is 0 Å². The third-order valence-corrected chi connectivity index (χ3v) is 6.84. The van der Waals surface area contributed by atoms with E-state index in [0.29, 0.717) is 37.0 Å². The zero-order valence-electron chi connectivity index (χ0n) is 17.2. The number of thioether (sulfide) groups is 1. The van der Waals surface area contributed by atoms with Gasteiger partial charge in [-0.2, -0.15) is 0 Å². The van der Waals surface area contributed by atoms with Crippen molar-refractivity contribution >= 4 is 73.5 Å². The molecule has 0 spiro atoms. The third kappa shape index (κ3) is 5.41. The summed E-state index contributed by atoms with van der Waals surface area (Å²) in [7, 11) is 1.52. The van der Waals surface area contributed by atoms with Crippen LogP contribution in [0.3, 0.4) is 0 Å². The molecule has 1 aliphatic heterocycles. The Morgan fingerprint density at radius 3 is 2.55 bits per heavy atom. The number of methoxy groups -OCH3 is 1. The number of ether oxygens (including phenoxy) is 2. The summed E-state index contributed by atoms with van der Waals surface area (Å²) >= 11 is 16.4. The molecule has 1 amide bonds. The highest BCUT2D eigenvalue weighted by Gasteiger charge is 2.34. The fourth-order valence-electron chi connectivity index (χ4n) is 3.13. The second-order valence-electron chi connectivity index (χ2n) is 6.93. The summed E-state index contributed by atoms with van der Waals surface area (Å²) in [5, 5.41) is 0.386. The first kappa shape index (κ1) is 23.8. The van der Waals surface area contributed by atoms with Crippen LogP contribution in [-0.2, 0) is 11.4 Å². The lowest BCUT2D eigenvalue weighted by Gasteiger charge is -2.15. The van der Waals surface area contributed by atoms with Crippen LogP contribution in [0, 0.1) is 5.82 Å². The summed E-state index contributed by atoms with van der Waals surface area (Å²) in [4.78, 5) is 15.1. The van der Waals surface area contributed by atoms with Crippen molar-refractivity contribution in [2.75, 3.05) is 12.0 Å². The largest absolute Gasteiger partial charge is 0.495 e. The van der Waals surface area contributed by atoms with E-state index < -0.39 is 0 Å². The summed E-state index contributed by atoms with van der Waals surface area (Å²) in [5.41, 5.74) is 2.10. The number of anilines is 1. The van der Waals surface area contributed by atoms with Crippen LogP contribution in [0.4, 0.5) is 10.1 Å². The Bertz CT molecular complexity index is 1270. The van der Waals surface area contributed by atoms with Gasteiger partial charge in [-0.3, -0.25) is 9.69 Å². The highest BCUT2D eigenvalue weighted by atomic mass is 79.9. The van der Waals surface area contributed by atoms with Crippen LogP contribution in [0.2, 0.25) is 5.02 Å². The van der Waals surface area contributed by atoms with Gasteiger partial charge in [0.1, 0.15) is 23.9 Å². The first-order chi connectivity index (χ1) is 15.9. The van der Waals surface area contributed by atoms with Gasteiger partial charge in [0.25, 0.3) is 5.91 Å². The van der Waals surface area contributed by atoms with Crippen molar-refractivity contribution < 1.29 is 18.7 Å². The lowest BCUT2D eigenvalue weighted by Crippen LogP contribution is -2.27. The van der Waals surface area contributed by atoms with Crippen LogP contribution in [0.15, 0.2) is 70.0 Å². The molecule has 0 radical (unpaired) electrons. The van der Waals surface area contributed by atoms with Gasteiger partial charge in [0.15, 0.2) is 4.32 Å². The van der Waals surface area contributed by atoms with Gasteiger partial charge in [0.2, 0.25) is 0 Å². The molecule has 1 saturated heterocycles. The second kappa shape index (κ2) is 10.3. The van der Waals surface area contributed by atoms with Crippen molar-refractivity contribution in [3.05, 3.63) is 92.0 Å². The van der Waals surface area contributed by atoms with Crippen molar-refractivity contribution in [2.24, 2.45) is 0 Å². The number of amides is 1. The van der Waals surface area contributed by atoms with Crippen LogP contribution in [-0.4, -0.2) is 17.3 Å². The maximum atomic E-state index is 13.2.